The van der Waals surface area contributed by atoms with Crippen LogP contribution < -0.4 is 14.8 Å². The number of halogens is 1. The zero-order valence-corrected chi connectivity index (χ0v) is 10.8. The summed E-state index contributed by atoms with van der Waals surface area (Å²) in [7, 11) is 0. The summed E-state index contributed by atoms with van der Waals surface area (Å²) in [5.41, 5.74) is 0.511. The lowest BCUT2D eigenvalue weighted by Gasteiger charge is -2.13. The molecule has 18 heavy (non-hydrogen) atoms. The molecule has 1 N–H and O–H groups in total. The van der Waals surface area contributed by atoms with Crippen molar-refractivity contribution >= 4 is 17.5 Å². The van der Waals surface area contributed by atoms with E-state index in [1.54, 1.807) is 12.1 Å². The molecule has 3 rings (SSSR count). The van der Waals surface area contributed by atoms with Crippen LogP contribution in [-0.2, 0) is 0 Å². The van der Waals surface area contributed by atoms with Crippen LogP contribution in [0.5, 0.6) is 11.5 Å². The van der Waals surface area contributed by atoms with E-state index in [1.165, 1.54) is 12.8 Å². The van der Waals surface area contributed by atoms with E-state index in [4.69, 9.17) is 21.1 Å². The third kappa shape index (κ3) is 2.12. The summed E-state index contributed by atoms with van der Waals surface area (Å²) in [4.78, 5) is 12.1. The van der Waals surface area contributed by atoms with Crippen molar-refractivity contribution in [1.29, 1.82) is 0 Å². The number of ether oxygens (including phenoxy) is 2. The van der Waals surface area contributed by atoms with E-state index < -0.39 is 0 Å². The smallest absolute Gasteiger partial charge is 0.251 e. The Balaban J connectivity index is 1.79. The fourth-order valence-electron chi connectivity index (χ4n) is 2.10. The molecule has 1 saturated carbocycles. The molecule has 0 saturated heterocycles. The quantitative estimate of drug-likeness (QED) is 0.916. The molecule has 0 radical (unpaired) electrons. The van der Waals surface area contributed by atoms with Crippen molar-refractivity contribution in [2.45, 2.75) is 25.8 Å². The maximum Gasteiger partial charge on any atom is 0.251 e. The first kappa shape index (κ1) is 11.7. The first-order valence-electron chi connectivity index (χ1n) is 6.05. The molecule has 1 aliphatic carbocycles. The van der Waals surface area contributed by atoms with Crippen molar-refractivity contribution < 1.29 is 14.3 Å². The van der Waals surface area contributed by atoms with Gasteiger partial charge in [-0.2, -0.15) is 0 Å². The van der Waals surface area contributed by atoms with Gasteiger partial charge in [-0.05, 0) is 37.8 Å². The molecular formula is C13H14ClNO3. The Morgan fingerprint density at radius 3 is 2.94 bits per heavy atom. The fourth-order valence-corrected chi connectivity index (χ4v) is 2.37. The number of rotatable bonds is 3. The number of amides is 1. The average Bonchev–Trinajstić information content (AvgIpc) is 3.08. The highest BCUT2D eigenvalue weighted by molar-refractivity contribution is 6.32. The first-order valence-corrected chi connectivity index (χ1v) is 6.43. The topological polar surface area (TPSA) is 47.6 Å². The molecule has 1 atom stereocenters. The molecule has 1 aromatic rings. The fraction of sp³-hybridized carbons (Fsp3) is 0.462. The molecule has 5 heteroatoms. The van der Waals surface area contributed by atoms with Crippen molar-refractivity contribution in [3.8, 4) is 11.5 Å². The number of nitrogens with one attached hydrogen (secondary N) is 1. The van der Waals surface area contributed by atoms with Crippen LogP contribution in [0.1, 0.15) is 30.1 Å². The molecule has 1 aromatic carbocycles. The van der Waals surface area contributed by atoms with Crippen LogP contribution in [0, 0.1) is 5.92 Å². The number of hydrogen-bond donors (Lipinski definition) is 1. The summed E-state index contributed by atoms with van der Waals surface area (Å²) in [6.45, 7) is 2.18. The number of carbonyl (C=O) groups is 1. The molecule has 0 spiro atoms. The van der Waals surface area contributed by atoms with Gasteiger partial charge in [-0.25, -0.2) is 0 Å². The second-order valence-electron chi connectivity index (χ2n) is 4.79. The van der Waals surface area contributed by atoms with Crippen LogP contribution in [-0.4, -0.2) is 18.7 Å². The monoisotopic (exact) mass is 267 g/mol. The average molecular weight is 268 g/mol. The van der Waals surface area contributed by atoms with Gasteiger partial charge in [0.05, 0.1) is 5.02 Å². The first-order chi connectivity index (χ1) is 8.65. The van der Waals surface area contributed by atoms with Crippen molar-refractivity contribution in [3.05, 3.63) is 22.7 Å². The van der Waals surface area contributed by atoms with E-state index in [2.05, 4.69) is 5.32 Å². The second kappa shape index (κ2) is 4.35. The maximum absolute atomic E-state index is 12.1. The predicted octanol–water partition coefficient (Wildman–Crippen LogP) is 2.60. The minimum absolute atomic E-state index is 0.116. The molecule has 1 aliphatic heterocycles. The summed E-state index contributed by atoms with van der Waals surface area (Å²) >= 11 is 6.05. The molecule has 2 aliphatic rings. The molecule has 1 heterocycles. The minimum atomic E-state index is -0.116. The van der Waals surface area contributed by atoms with Gasteiger partial charge in [-0.3, -0.25) is 4.79 Å². The Morgan fingerprint density at radius 2 is 2.22 bits per heavy atom. The van der Waals surface area contributed by atoms with Crippen LogP contribution in [0.2, 0.25) is 5.02 Å². The Hall–Kier alpha value is -1.42. The van der Waals surface area contributed by atoms with Crippen LogP contribution in [0.3, 0.4) is 0 Å². The highest BCUT2D eigenvalue weighted by atomic mass is 35.5. The van der Waals surface area contributed by atoms with Gasteiger partial charge in [0.15, 0.2) is 11.5 Å². The molecule has 1 unspecified atom stereocenters. The van der Waals surface area contributed by atoms with Crippen LogP contribution >= 0.6 is 11.6 Å². The second-order valence-corrected chi connectivity index (χ2v) is 5.20. The normalized spacial score (nSPS) is 18.6. The van der Waals surface area contributed by atoms with E-state index >= 15 is 0 Å². The SMILES string of the molecule is CC(NC(=O)c1cc(Cl)c2c(c1)OCO2)C1CC1. The lowest BCUT2D eigenvalue weighted by molar-refractivity contribution is 0.0935. The van der Waals surface area contributed by atoms with Gasteiger partial charge < -0.3 is 14.8 Å². The molecular weight excluding hydrogens is 254 g/mol. The van der Waals surface area contributed by atoms with Crippen LogP contribution in [0.4, 0.5) is 0 Å². The Morgan fingerprint density at radius 1 is 1.44 bits per heavy atom. The highest BCUT2D eigenvalue weighted by Crippen LogP contribution is 2.40. The minimum Gasteiger partial charge on any atom is -0.454 e. The highest BCUT2D eigenvalue weighted by Gasteiger charge is 2.29. The summed E-state index contributed by atoms with van der Waals surface area (Å²) < 4.78 is 10.5. The van der Waals surface area contributed by atoms with Crippen molar-refractivity contribution in [1.82, 2.24) is 5.32 Å². The lowest BCUT2D eigenvalue weighted by atomic mass is 10.1. The third-order valence-electron chi connectivity index (χ3n) is 3.38. The van der Waals surface area contributed by atoms with E-state index in [0.29, 0.717) is 28.0 Å². The lowest BCUT2D eigenvalue weighted by Crippen LogP contribution is -2.33. The number of hydrogen-bond acceptors (Lipinski definition) is 3. The molecule has 0 aromatic heterocycles. The van der Waals surface area contributed by atoms with Crippen LogP contribution in [0.25, 0.3) is 0 Å². The van der Waals surface area contributed by atoms with Gasteiger partial charge in [-0.1, -0.05) is 11.6 Å². The van der Waals surface area contributed by atoms with Gasteiger partial charge >= 0.3 is 0 Å². The van der Waals surface area contributed by atoms with E-state index in [0.717, 1.165) is 0 Å². The van der Waals surface area contributed by atoms with Crippen LogP contribution in [0.15, 0.2) is 12.1 Å². The summed E-state index contributed by atoms with van der Waals surface area (Å²) in [6, 6.07) is 3.49. The van der Waals surface area contributed by atoms with Gasteiger partial charge in [0.2, 0.25) is 6.79 Å². The maximum atomic E-state index is 12.1. The summed E-state index contributed by atoms with van der Waals surface area (Å²) in [5, 5.41) is 3.39. The van der Waals surface area contributed by atoms with Crippen molar-refractivity contribution in [3.63, 3.8) is 0 Å². The molecule has 1 fully saturated rings. The van der Waals surface area contributed by atoms with E-state index in [1.807, 2.05) is 6.92 Å². The number of carbonyl (C=O) groups excluding carboxylic acids is 1. The van der Waals surface area contributed by atoms with Gasteiger partial charge in [-0.15, -0.1) is 0 Å². The molecule has 96 valence electrons. The van der Waals surface area contributed by atoms with Gasteiger partial charge in [0.25, 0.3) is 5.91 Å². The third-order valence-corrected chi connectivity index (χ3v) is 3.66. The zero-order chi connectivity index (χ0) is 12.7. The predicted molar refractivity (Wildman–Crippen MR) is 67.2 cm³/mol. The van der Waals surface area contributed by atoms with E-state index in [9.17, 15) is 4.79 Å². The van der Waals surface area contributed by atoms with Crippen molar-refractivity contribution in [2.24, 2.45) is 5.92 Å². The Labute approximate surface area is 110 Å². The summed E-state index contributed by atoms with van der Waals surface area (Å²) in [5.74, 6) is 1.56. The Bertz CT molecular complexity index is 499. The Kier molecular flexibility index (Phi) is 2.82. The number of benzene rings is 1. The van der Waals surface area contributed by atoms with Gasteiger partial charge in [0.1, 0.15) is 0 Å². The standard InChI is InChI=1S/C13H14ClNO3/c1-7(8-2-3-8)15-13(16)9-4-10(14)12-11(5-9)17-6-18-12/h4-5,7-8H,2-3,6H2,1H3,(H,15,16). The zero-order valence-electron chi connectivity index (χ0n) is 10.0. The summed E-state index contributed by atoms with van der Waals surface area (Å²) in [6.07, 6.45) is 2.40. The molecule has 0 bridgehead atoms. The number of fused-ring (bicyclic) bond motifs is 1. The van der Waals surface area contributed by atoms with Gasteiger partial charge in [0, 0.05) is 11.6 Å². The largest absolute Gasteiger partial charge is 0.454 e. The van der Waals surface area contributed by atoms with E-state index in [-0.39, 0.29) is 18.7 Å². The molecule has 4 nitrogen and oxygen atoms in total. The van der Waals surface area contributed by atoms with Crippen molar-refractivity contribution in [2.75, 3.05) is 6.79 Å². The molecule has 1 amide bonds.